The predicted octanol–water partition coefficient (Wildman–Crippen LogP) is 4.24. The Balaban J connectivity index is 1.32. The minimum absolute atomic E-state index is 0.191. The van der Waals surface area contributed by atoms with Crippen molar-refractivity contribution in [2.24, 2.45) is 0 Å². The summed E-state index contributed by atoms with van der Waals surface area (Å²) in [6.45, 7) is 4.88. The summed E-state index contributed by atoms with van der Waals surface area (Å²) in [5.41, 5.74) is 2.46. The SMILES string of the molecule is Cc1cc(C(=O)COC(=O)COc2cccc3ccccc23)c(C)n1CC1CCCO1. The van der Waals surface area contributed by atoms with Gasteiger partial charge in [-0.3, -0.25) is 4.79 Å². The lowest BCUT2D eigenvalue weighted by atomic mass is 10.1. The maximum Gasteiger partial charge on any atom is 0.344 e. The Morgan fingerprint density at radius 1 is 1.10 bits per heavy atom. The number of esters is 1. The minimum atomic E-state index is -0.575. The van der Waals surface area contributed by atoms with Crippen LogP contribution in [0.5, 0.6) is 5.75 Å². The van der Waals surface area contributed by atoms with Gasteiger partial charge in [0, 0.05) is 35.5 Å². The molecule has 1 aliphatic heterocycles. The standard InChI is InChI=1S/C25H27NO5/c1-17-13-22(18(2)26(17)14-20-9-6-12-29-20)23(27)15-31-25(28)16-30-24-11-5-8-19-7-3-4-10-21(19)24/h3-5,7-8,10-11,13,20H,6,9,12,14-16H2,1-2H3. The van der Waals surface area contributed by atoms with Crippen molar-refractivity contribution < 1.29 is 23.8 Å². The third-order valence-electron chi connectivity index (χ3n) is 5.74. The second-order valence-corrected chi connectivity index (χ2v) is 7.88. The van der Waals surface area contributed by atoms with Crippen LogP contribution in [0.2, 0.25) is 0 Å². The molecular formula is C25H27NO5. The Kier molecular flexibility index (Phi) is 6.37. The first-order valence-electron chi connectivity index (χ1n) is 10.6. The van der Waals surface area contributed by atoms with Gasteiger partial charge in [-0.05, 0) is 44.2 Å². The molecule has 0 saturated carbocycles. The van der Waals surface area contributed by atoms with E-state index in [0.717, 1.165) is 48.2 Å². The number of hydrogen-bond donors (Lipinski definition) is 0. The summed E-state index contributed by atoms with van der Waals surface area (Å²) >= 11 is 0. The summed E-state index contributed by atoms with van der Waals surface area (Å²) in [4.78, 5) is 24.8. The van der Waals surface area contributed by atoms with Crippen LogP contribution < -0.4 is 4.74 Å². The van der Waals surface area contributed by atoms with Crippen LogP contribution in [-0.2, 0) is 20.8 Å². The van der Waals surface area contributed by atoms with E-state index in [9.17, 15) is 9.59 Å². The van der Waals surface area contributed by atoms with Crippen molar-refractivity contribution in [2.75, 3.05) is 19.8 Å². The van der Waals surface area contributed by atoms with E-state index in [1.165, 1.54) is 0 Å². The number of aromatic nitrogens is 1. The zero-order valence-corrected chi connectivity index (χ0v) is 17.9. The number of aryl methyl sites for hydroxylation is 1. The lowest BCUT2D eigenvalue weighted by Crippen LogP contribution is -2.20. The van der Waals surface area contributed by atoms with Gasteiger partial charge < -0.3 is 18.8 Å². The molecule has 6 nitrogen and oxygen atoms in total. The normalized spacial score (nSPS) is 15.9. The molecule has 0 N–H and O–H groups in total. The van der Waals surface area contributed by atoms with Gasteiger partial charge in [0.2, 0.25) is 5.78 Å². The number of ether oxygens (including phenoxy) is 3. The molecule has 6 heteroatoms. The smallest absolute Gasteiger partial charge is 0.344 e. The summed E-state index contributed by atoms with van der Waals surface area (Å²) in [5.74, 6) is -0.182. The third kappa shape index (κ3) is 4.80. The monoisotopic (exact) mass is 421 g/mol. The van der Waals surface area contributed by atoms with Gasteiger partial charge in [-0.1, -0.05) is 36.4 Å². The fourth-order valence-electron chi connectivity index (χ4n) is 4.08. The van der Waals surface area contributed by atoms with Crippen molar-refractivity contribution >= 4 is 22.5 Å². The van der Waals surface area contributed by atoms with E-state index in [-0.39, 0.29) is 25.1 Å². The van der Waals surface area contributed by atoms with Gasteiger partial charge in [0.25, 0.3) is 0 Å². The Labute approximate surface area is 181 Å². The fourth-order valence-corrected chi connectivity index (χ4v) is 4.08. The van der Waals surface area contributed by atoms with E-state index in [0.29, 0.717) is 11.3 Å². The summed E-state index contributed by atoms with van der Waals surface area (Å²) in [5, 5.41) is 1.95. The van der Waals surface area contributed by atoms with E-state index >= 15 is 0 Å². The van der Waals surface area contributed by atoms with Crippen molar-refractivity contribution in [2.45, 2.75) is 39.3 Å². The minimum Gasteiger partial charge on any atom is -0.481 e. The number of nitrogens with zero attached hydrogens (tertiary/aromatic N) is 1. The van der Waals surface area contributed by atoms with Gasteiger partial charge in [-0.2, -0.15) is 0 Å². The second kappa shape index (κ2) is 9.35. The van der Waals surface area contributed by atoms with Gasteiger partial charge in [-0.25, -0.2) is 4.79 Å². The zero-order chi connectivity index (χ0) is 21.8. The molecule has 4 rings (SSSR count). The highest BCUT2D eigenvalue weighted by Gasteiger charge is 2.21. The first kappa shape index (κ1) is 21.1. The maximum absolute atomic E-state index is 12.7. The van der Waals surface area contributed by atoms with Crippen LogP contribution in [0.15, 0.2) is 48.5 Å². The second-order valence-electron chi connectivity index (χ2n) is 7.88. The fraction of sp³-hybridized carbons (Fsp3) is 0.360. The van der Waals surface area contributed by atoms with Crippen molar-refractivity contribution in [3.05, 3.63) is 65.5 Å². The molecule has 2 aromatic carbocycles. The Hall–Kier alpha value is -3.12. The van der Waals surface area contributed by atoms with E-state index in [2.05, 4.69) is 4.57 Å². The average Bonchev–Trinajstić information content (AvgIpc) is 3.40. The lowest BCUT2D eigenvalue weighted by Gasteiger charge is -2.14. The molecule has 0 aliphatic carbocycles. The van der Waals surface area contributed by atoms with Gasteiger partial charge in [0.15, 0.2) is 13.2 Å². The highest BCUT2D eigenvalue weighted by atomic mass is 16.6. The molecular weight excluding hydrogens is 394 g/mol. The Morgan fingerprint density at radius 2 is 1.90 bits per heavy atom. The van der Waals surface area contributed by atoms with Crippen molar-refractivity contribution in [3.8, 4) is 5.75 Å². The Morgan fingerprint density at radius 3 is 2.71 bits per heavy atom. The first-order valence-corrected chi connectivity index (χ1v) is 10.6. The topological polar surface area (TPSA) is 66.8 Å². The van der Waals surface area contributed by atoms with E-state index < -0.39 is 5.97 Å². The van der Waals surface area contributed by atoms with E-state index in [4.69, 9.17) is 14.2 Å². The molecule has 1 atom stereocenters. The molecule has 1 aromatic heterocycles. The maximum atomic E-state index is 12.7. The van der Waals surface area contributed by atoms with Crippen molar-refractivity contribution in [3.63, 3.8) is 0 Å². The van der Waals surface area contributed by atoms with E-state index in [1.54, 1.807) is 0 Å². The zero-order valence-electron chi connectivity index (χ0n) is 17.9. The third-order valence-corrected chi connectivity index (χ3v) is 5.74. The molecule has 0 bridgehead atoms. The number of carbonyl (C=O) groups is 2. The molecule has 0 spiro atoms. The largest absolute Gasteiger partial charge is 0.481 e. The molecule has 0 amide bonds. The van der Waals surface area contributed by atoms with Crippen LogP contribution >= 0.6 is 0 Å². The quantitative estimate of drug-likeness (QED) is 0.402. The molecule has 162 valence electrons. The number of rotatable bonds is 8. The highest BCUT2D eigenvalue weighted by molar-refractivity contribution is 5.99. The number of fused-ring (bicyclic) bond motifs is 1. The van der Waals surface area contributed by atoms with Crippen LogP contribution in [0.3, 0.4) is 0 Å². The number of hydrogen-bond acceptors (Lipinski definition) is 5. The molecule has 1 fully saturated rings. The predicted molar refractivity (Wildman–Crippen MR) is 118 cm³/mol. The van der Waals surface area contributed by atoms with Crippen molar-refractivity contribution in [1.29, 1.82) is 0 Å². The Bertz CT molecular complexity index is 1090. The van der Waals surface area contributed by atoms with Crippen LogP contribution in [0.25, 0.3) is 10.8 Å². The first-order chi connectivity index (χ1) is 15.0. The van der Waals surface area contributed by atoms with E-state index in [1.807, 2.05) is 62.4 Å². The molecule has 0 radical (unpaired) electrons. The number of ketones is 1. The summed E-state index contributed by atoms with van der Waals surface area (Å²) < 4.78 is 18.6. The van der Waals surface area contributed by atoms with Crippen LogP contribution in [0, 0.1) is 13.8 Å². The summed E-state index contributed by atoms with van der Waals surface area (Å²) in [6.07, 6.45) is 2.30. The number of benzene rings is 2. The van der Waals surface area contributed by atoms with Crippen molar-refractivity contribution in [1.82, 2.24) is 4.57 Å². The summed E-state index contributed by atoms with van der Waals surface area (Å²) in [7, 11) is 0. The average molecular weight is 421 g/mol. The molecule has 1 aliphatic rings. The molecule has 3 aromatic rings. The van der Waals surface area contributed by atoms with Crippen LogP contribution in [0.1, 0.15) is 34.6 Å². The van der Waals surface area contributed by atoms with Gasteiger partial charge >= 0.3 is 5.97 Å². The summed E-state index contributed by atoms with van der Waals surface area (Å²) in [6, 6.07) is 15.3. The number of carbonyl (C=O) groups excluding carboxylic acids is 2. The number of Topliss-reactive ketones (excluding diaryl/α,β-unsaturated/α-hetero) is 1. The lowest BCUT2D eigenvalue weighted by molar-refractivity contribution is -0.144. The molecule has 2 heterocycles. The van der Waals surface area contributed by atoms with Crippen LogP contribution in [-0.4, -0.2) is 42.2 Å². The molecule has 31 heavy (non-hydrogen) atoms. The molecule has 1 unspecified atom stereocenters. The van der Waals surface area contributed by atoms with Gasteiger partial charge in [0.05, 0.1) is 6.10 Å². The molecule has 1 saturated heterocycles. The van der Waals surface area contributed by atoms with Gasteiger partial charge in [-0.15, -0.1) is 0 Å². The highest BCUT2D eigenvalue weighted by Crippen LogP contribution is 2.25. The van der Waals surface area contributed by atoms with Gasteiger partial charge in [0.1, 0.15) is 5.75 Å². The van der Waals surface area contributed by atoms with Crippen LogP contribution in [0.4, 0.5) is 0 Å².